The van der Waals surface area contributed by atoms with Gasteiger partial charge in [-0.2, -0.15) is 8.78 Å². The third-order valence-corrected chi connectivity index (χ3v) is 6.41. The molecule has 1 saturated heterocycles. The second-order valence-electron chi connectivity index (χ2n) is 6.31. The van der Waals surface area contributed by atoms with E-state index in [9.17, 15) is 27.3 Å². The van der Waals surface area contributed by atoms with E-state index in [1.54, 1.807) is 0 Å². The Bertz CT molecular complexity index is 754. The van der Waals surface area contributed by atoms with E-state index in [1.807, 2.05) is 4.90 Å². The van der Waals surface area contributed by atoms with E-state index in [1.165, 1.54) is 6.07 Å². The molecule has 0 amide bonds. The first-order valence-corrected chi connectivity index (χ1v) is 9.44. The summed E-state index contributed by atoms with van der Waals surface area (Å²) >= 11 is 0. The molecule has 24 heavy (non-hydrogen) atoms. The van der Waals surface area contributed by atoms with Crippen molar-refractivity contribution in [2.45, 2.75) is 48.8 Å². The standard InChI is InChI=1S/C15H18F2N2O4S/c16-15(17)24(22,23)11-5-6-13(14(9-11)19(20)21)18-8-7-10-3-1-2-4-12(10)18/h5-6,9-10,12,15H,1-4,7-8H2. The van der Waals surface area contributed by atoms with Gasteiger partial charge in [0.1, 0.15) is 5.69 Å². The average molecular weight is 360 g/mol. The topological polar surface area (TPSA) is 80.5 Å². The highest BCUT2D eigenvalue weighted by atomic mass is 32.2. The highest BCUT2D eigenvalue weighted by molar-refractivity contribution is 7.91. The molecule has 0 N–H and O–H groups in total. The molecule has 0 aromatic heterocycles. The van der Waals surface area contributed by atoms with Gasteiger partial charge in [-0.15, -0.1) is 0 Å². The van der Waals surface area contributed by atoms with Crippen LogP contribution in [0.1, 0.15) is 32.1 Å². The summed E-state index contributed by atoms with van der Waals surface area (Å²) < 4.78 is 48.5. The van der Waals surface area contributed by atoms with Crippen LogP contribution in [0.4, 0.5) is 20.2 Å². The van der Waals surface area contributed by atoms with Gasteiger partial charge in [0.05, 0.1) is 9.82 Å². The molecular formula is C15H18F2N2O4S. The number of nitro groups is 1. The van der Waals surface area contributed by atoms with Gasteiger partial charge < -0.3 is 4.90 Å². The van der Waals surface area contributed by atoms with Gasteiger partial charge in [-0.05, 0) is 37.3 Å². The molecule has 1 aliphatic carbocycles. The Morgan fingerprint density at radius 1 is 1.21 bits per heavy atom. The van der Waals surface area contributed by atoms with Crippen molar-refractivity contribution in [3.63, 3.8) is 0 Å². The molecular weight excluding hydrogens is 342 g/mol. The fourth-order valence-corrected chi connectivity index (χ4v) is 4.62. The molecule has 3 rings (SSSR count). The zero-order valence-electron chi connectivity index (χ0n) is 12.9. The number of fused-ring (bicyclic) bond motifs is 1. The molecule has 0 radical (unpaired) electrons. The predicted octanol–water partition coefficient (Wildman–Crippen LogP) is 3.36. The Labute approximate surface area is 138 Å². The number of halogens is 2. The summed E-state index contributed by atoms with van der Waals surface area (Å²) in [4.78, 5) is 11.9. The van der Waals surface area contributed by atoms with E-state index in [0.717, 1.165) is 44.2 Å². The fraction of sp³-hybridized carbons (Fsp3) is 0.600. The van der Waals surface area contributed by atoms with Crippen LogP contribution in [0.25, 0.3) is 0 Å². The molecule has 1 aliphatic heterocycles. The minimum Gasteiger partial charge on any atom is -0.363 e. The van der Waals surface area contributed by atoms with Gasteiger partial charge in [-0.1, -0.05) is 12.8 Å². The normalized spacial score (nSPS) is 24.2. The van der Waals surface area contributed by atoms with Crippen molar-refractivity contribution in [1.82, 2.24) is 0 Å². The monoisotopic (exact) mass is 360 g/mol. The molecule has 2 fully saturated rings. The fourth-order valence-electron chi connectivity index (χ4n) is 3.88. The summed E-state index contributed by atoms with van der Waals surface area (Å²) in [6, 6.07) is 3.30. The van der Waals surface area contributed by atoms with E-state index in [2.05, 4.69) is 0 Å². The molecule has 2 aliphatic rings. The van der Waals surface area contributed by atoms with Crippen LogP contribution in [-0.4, -0.2) is 31.7 Å². The number of rotatable bonds is 4. The number of nitrogens with zero attached hydrogens (tertiary/aromatic N) is 2. The van der Waals surface area contributed by atoms with Crippen molar-refractivity contribution in [3.8, 4) is 0 Å². The van der Waals surface area contributed by atoms with Crippen molar-refractivity contribution < 1.29 is 22.1 Å². The second-order valence-corrected chi connectivity index (χ2v) is 8.23. The Kier molecular flexibility index (Phi) is 4.46. The van der Waals surface area contributed by atoms with E-state index in [4.69, 9.17) is 0 Å². The molecule has 6 nitrogen and oxygen atoms in total. The van der Waals surface area contributed by atoms with Gasteiger partial charge in [-0.25, -0.2) is 8.42 Å². The summed E-state index contributed by atoms with van der Waals surface area (Å²) in [5.41, 5.74) is -0.106. The predicted molar refractivity (Wildman–Crippen MR) is 84.0 cm³/mol. The Morgan fingerprint density at radius 2 is 1.92 bits per heavy atom. The summed E-state index contributed by atoms with van der Waals surface area (Å²) in [6.07, 6.45) is 5.19. The van der Waals surface area contributed by atoms with Crippen molar-refractivity contribution >= 4 is 21.2 Å². The number of benzene rings is 1. The maximum Gasteiger partial charge on any atom is 0.341 e. The van der Waals surface area contributed by atoms with Crippen molar-refractivity contribution in [2.75, 3.05) is 11.4 Å². The highest BCUT2D eigenvalue weighted by Crippen LogP contribution is 2.42. The highest BCUT2D eigenvalue weighted by Gasteiger charge is 2.39. The number of nitro benzene ring substituents is 1. The zero-order chi connectivity index (χ0) is 17.5. The van der Waals surface area contributed by atoms with Crippen molar-refractivity contribution in [2.24, 2.45) is 5.92 Å². The molecule has 2 atom stereocenters. The molecule has 0 spiro atoms. The van der Waals surface area contributed by atoms with E-state index < -0.39 is 31.1 Å². The first-order valence-electron chi connectivity index (χ1n) is 7.89. The largest absolute Gasteiger partial charge is 0.363 e. The quantitative estimate of drug-likeness (QED) is 0.607. The van der Waals surface area contributed by atoms with Gasteiger partial charge in [0.2, 0.25) is 9.84 Å². The van der Waals surface area contributed by atoms with Crippen LogP contribution in [0.5, 0.6) is 0 Å². The van der Waals surface area contributed by atoms with Gasteiger partial charge in [0.15, 0.2) is 0 Å². The third-order valence-electron chi connectivity index (χ3n) is 5.03. The summed E-state index contributed by atoms with van der Waals surface area (Å²) in [5.74, 6) is -3.11. The molecule has 1 aromatic carbocycles. The lowest BCUT2D eigenvalue weighted by atomic mass is 9.85. The number of sulfone groups is 1. The molecule has 1 heterocycles. The smallest absolute Gasteiger partial charge is 0.341 e. The minimum absolute atomic E-state index is 0.204. The SMILES string of the molecule is O=[N+]([O-])c1cc(S(=O)(=O)C(F)F)ccc1N1CCC2CCCCC21. The van der Waals surface area contributed by atoms with Crippen LogP contribution in [0.15, 0.2) is 23.1 Å². The van der Waals surface area contributed by atoms with Crippen LogP contribution >= 0.6 is 0 Å². The minimum atomic E-state index is -4.85. The van der Waals surface area contributed by atoms with Crippen LogP contribution in [-0.2, 0) is 9.84 Å². The third kappa shape index (κ3) is 2.85. The summed E-state index contributed by atoms with van der Waals surface area (Å²) in [5, 5.41) is 11.4. The van der Waals surface area contributed by atoms with Crippen molar-refractivity contribution in [1.29, 1.82) is 0 Å². The first kappa shape index (κ1) is 17.1. The summed E-state index contributed by atoms with van der Waals surface area (Å²) in [7, 11) is -4.85. The van der Waals surface area contributed by atoms with Crippen LogP contribution in [0.3, 0.4) is 0 Å². The lowest BCUT2D eigenvalue weighted by Gasteiger charge is -2.32. The summed E-state index contributed by atoms with van der Waals surface area (Å²) in [6.45, 7) is 0.664. The molecule has 1 aromatic rings. The number of anilines is 1. The van der Waals surface area contributed by atoms with Crippen LogP contribution in [0, 0.1) is 16.0 Å². The second kappa shape index (κ2) is 6.27. The number of hydrogen-bond acceptors (Lipinski definition) is 5. The zero-order valence-corrected chi connectivity index (χ0v) is 13.7. The van der Waals surface area contributed by atoms with Gasteiger partial charge in [0, 0.05) is 18.7 Å². The molecule has 1 saturated carbocycles. The van der Waals surface area contributed by atoms with E-state index in [-0.39, 0.29) is 6.04 Å². The lowest BCUT2D eigenvalue weighted by Crippen LogP contribution is -2.35. The molecule has 132 valence electrons. The van der Waals surface area contributed by atoms with Gasteiger partial charge in [-0.3, -0.25) is 10.1 Å². The Hall–Kier alpha value is -1.77. The Balaban J connectivity index is 2.01. The van der Waals surface area contributed by atoms with E-state index in [0.29, 0.717) is 18.2 Å². The van der Waals surface area contributed by atoms with E-state index >= 15 is 0 Å². The maximum atomic E-state index is 12.7. The first-order chi connectivity index (χ1) is 11.3. The van der Waals surface area contributed by atoms with Crippen molar-refractivity contribution in [3.05, 3.63) is 28.3 Å². The average Bonchev–Trinajstić information content (AvgIpc) is 2.98. The molecule has 2 unspecified atom stereocenters. The number of hydrogen-bond donors (Lipinski definition) is 0. The molecule has 9 heteroatoms. The number of alkyl halides is 2. The van der Waals surface area contributed by atoms with Crippen LogP contribution in [0.2, 0.25) is 0 Å². The van der Waals surface area contributed by atoms with Crippen LogP contribution < -0.4 is 4.90 Å². The maximum absolute atomic E-state index is 12.7. The Morgan fingerprint density at radius 3 is 2.58 bits per heavy atom. The lowest BCUT2D eigenvalue weighted by molar-refractivity contribution is -0.384. The van der Waals surface area contributed by atoms with Gasteiger partial charge in [0.25, 0.3) is 5.69 Å². The van der Waals surface area contributed by atoms with Gasteiger partial charge >= 0.3 is 5.76 Å². The molecule has 0 bridgehead atoms.